The zero-order valence-electron chi connectivity index (χ0n) is 8.00. The molecule has 0 aliphatic heterocycles. The van der Waals surface area contributed by atoms with E-state index < -0.39 is 5.97 Å². The van der Waals surface area contributed by atoms with Crippen LogP contribution >= 0.6 is 0 Å². The Balaban J connectivity index is 4.01. The number of hydrogen-bond donors (Lipinski definition) is 1. The van der Waals surface area contributed by atoms with E-state index in [9.17, 15) is 4.79 Å². The molecule has 0 fully saturated rings. The van der Waals surface area contributed by atoms with E-state index in [1.54, 1.807) is 13.8 Å². The quantitative estimate of drug-likeness (QED) is 0.393. The average molecular weight is 185 g/mol. The molecule has 0 saturated carbocycles. The van der Waals surface area contributed by atoms with Crippen molar-refractivity contribution < 1.29 is 14.3 Å². The molecule has 0 atom stereocenters. The van der Waals surface area contributed by atoms with E-state index in [2.05, 4.69) is 6.58 Å². The fourth-order valence-electron chi connectivity index (χ4n) is 0.513. The zero-order chi connectivity index (χ0) is 10.3. The molecule has 0 unspecified atom stereocenters. The standard InChI is InChI=1S/C9H15NO3/c1-4-12-9(11)7(2)6-13-8(3)5-10/h6H,3-5,10H2,1-2H3/b7-6+. The van der Waals surface area contributed by atoms with Crippen LogP contribution in [0.25, 0.3) is 0 Å². The van der Waals surface area contributed by atoms with Gasteiger partial charge in [0.05, 0.1) is 18.7 Å². The topological polar surface area (TPSA) is 61.5 Å². The fourth-order valence-corrected chi connectivity index (χ4v) is 0.513. The molecule has 0 aromatic rings. The first-order valence-corrected chi connectivity index (χ1v) is 4.00. The van der Waals surface area contributed by atoms with Crippen LogP contribution in [-0.4, -0.2) is 19.1 Å². The first-order chi connectivity index (χ1) is 6.11. The highest BCUT2D eigenvalue weighted by molar-refractivity contribution is 5.87. The third-order valence-corrected chi connectivity index (χ3v) is 1.23. The fraction of sp³-hybridized carbons (Fsp3) is 0.444. The van der Waals surface area contributed by atoms with Gasteiger partial charge in [-0.05, 0) is 13.8 Å². The molecule has 4 nitrogen and oxygen atoms in total. The predicted molar refractivity (Wildman–Crippen MR) is 49.7 cm³/mol. The summed E-state index contributed by atoms with van der Waals surface area (Å²) < 4.78 is 9.66. The minimum absolute atomic E-state index is 0.229. The molecule has 0 amide bonds. The maximum atomic E-state index is 11.0. The van der Waals surface area contributed by atoms with Gasteiger partial charge in [0.25, 0.3) is 0 Å². The molecule has 74 valence electrons. The molecule has 4 heteroatoms. The number of carbonyl (C=O) groups excluding carboxylic acids is 1. The van der Waals surface area contributed by atoms with Gasteiger partial charge in [0.15, 0.2) is 0 Å². The second-order valence-electron chi connectivity index (χ2n) is 2.38. The molecule has 0 heterocycles. The van der Waals surface area contributed by atoms with E-state index in [4.69, 9.17) is 15.2 Å². The molecule has 0 spiro atoms. The van der Waals surface area contributed by atoms with Crippen LogP contribution in [0.15, 0.2) is 24.2 Å². The molecule has 0 saturated heterocycles. The molecular weight excluding hydrogens is 170 g/mol. The number of carbonyl (C=O) groups is 1. The Morgan fingerprint density at radius 3 is 2.69 bits per heavy atom. The minimum atomic E-state index is -0.396. The third-order valence-electron chi connectivity index (χ3n) is 1.23. The van der Waals surface area contributed by atoms with Crippen molar-refractivity contribution in [2.45, 2.75) is 13.8 Å². The van der Waals surface area contributed by atoms with Crippen LogP contribution in [0.4, 0.5) is 0 Å². The first-order valence-electron chi connectivity index (χ1n) is 4.00. The van der Waals surface area contributed by atoms with Gasteiger partial charge in [-0.1, -0.05) is 6.58 Å². The van der Waals surface area contributed by atoms with Crippen LogP contribution < -0.4 is 5.73 Å². The van der Waals surface area contributed by atoms with Crippen LogP contribution in [0.1, 0.15) is 13.8 Å². The monoisotopic (exact) mass is 185 g/mol. The summed E-state index contributed by atoms with van der Waals surface area (Å²) in [7, 11) is 0. The molecule has 0 bridgehead atoms. The number of esters is 1. The van der Waals surface area contributed by atoms with Crippen molar-refractivity contribution in [2.75, 3.05) is 13.2 Å². The second kappa shape index (κ2) is 6.25. The highest BCUT2D eigenvalue weighted by Gasteiger charge is 2.04. The molecule has 0 aromatic heterocycles. The lowest BCUT2D eigenvalue weighted by atomic mass is 10.3. The van der Waals surface area contributed by atoms with Gasteiger partial charge in [-0.15, -0.1) is 0 Å². The van der Waals surface area contributed by atoms with E-state index in [0.717, 1.165) is 0 Å². The minimum Gasteiger partial charge on any atom is -0.468 e. The molecule has 13 heavy (non-hydrogen) atoms. The van der Waals surface area contributed by atoms with Crippen molar-refractivity contribution in [3.8, 4) is 0 Å². The summed E-state index contributed by atoms with van der Waals surface area (Å²) >= 11 is 0. The van der Waals surface area contributed by atoms with Crippen molar-refractivity contribution in [2.24, 2.45) is 5.73 Å². The van der Waals surface area contributed by atoms with Crippen LogP contribution in [0, 0.1) is 0 Å². The Bertz CT molecular complexity index is 221. The van der Waals surface area contributed by atoms with Crippen LogP contribution in [0.5, 0.6) is 0 Å². The maximum absolute atomic E-state index is 11.0. The van der Waals surface area contributed by atoms with E-state index >= 15 is 0 Å². The highest BCUT2D eigenvalue weighted by atomic mass is 16.5. The average Bonchev–Trinajstić information content (AvgIpc) is 2.13. The Hall–Kier alpha value is -1.29. The molecule has 0 aliphatic rings. The Morgan fingerprint density at radius 1 is 1.62 bits per heavy atom. The van der Waals surface area contributed by atoms with Gasteiger partial charge in [0.2, 0.25) is 0 Å². The third kappa shape index (κ3) is 5.03. The number of ether oxygens (including phenoxy) is 2. The smallest absolute Gasteiger partial charge is 0.336 e. The molecule has 0 aromatic carbocycles. The highest BCUT2D eigenvalue weighted by Crippen LogP contribution is 2.00. The number of nitrogens with two attached hydrogens (primary N) is 1. The van der Waals surface area contributed by atoms with Gasteiger partial charge < -0.3 is 15.2 Å². The largest absolute Gasteiger partial charge is 0.468 e. The summed E-state index contributed by atoms with van der Waals surface area (Å²) in [6, 6.07) is 0. The van der Waals surface area contributed by atoms with Gasteiger partial charge in [-0.25, -0.2) is 4.79 Å². The van der Waals surface area contributed by atoms with Crippen molar-refractivity contribution >= 4 is 5.97 Å². The predicted octanol–water partition coefficient (Wildman–Crippen LogP) is 0.942. The number of rotatable bonds is 5. The SMILES string of the molecule is C=C(CN)O/C=C(\C)C(=O)OCC. The lowest BCUT2D eigenvalue weighted by molar-refractivity contribution is -0.138. The molecule has 0 aliphatic carbocycles. The Kier molecular flexibility index (Phi) is 5.63. The van der Waals surface area contributed by atoms with Crippen LogP contribution in [-0.2, 0) is 14.3 Å². The van der Waals surface area contributed by atoms with Gasteiger partial charge in [-0.3, -0.25) is 0 Å². The zero-order valence-corrected chi connectivity index (χ0v) is 8.00. The Morgan fingerprint density at radius 2 is 2.23 bits per heavy atom. The second-order valence-corrected chi connectivity index (χ2v) is 2.38. The molecule has 0 rings (SSSR count). The lowest BCUT2D eigenvalue weighted by Crippen LogP contribution is -2.07. The van der Waals surface area contributed by atoms with E-state index in [0.29, 0.717) is 17.9 Å². The molecule has 0 radical (unpaired) electrons. The first kappa shape index (κ1) is 11.7. The summed E-state index contributed by atoms with van der Waals surface area (Å²) in [6.07, 6.45) is 1.28. The van der Waals surface area contributed by atoms with Crippen molar-refractivity contribution in [3.63, 3.8) is 0 Å². The van der Waals surface area contributed by atoms with Gasteiger partial charge in [0, 0.05) is 0 Å². The van der Waals surface area contributed by atoms with Crippen LogP contribution in [0.3, 0.4) is 0 Å². The van der Waals surface area contributed by atoms with E-state index in [1.165, 1.54) is 6.26 Å². The van der Waals surface area contributed by atoms with Crippen molar-refractivity contribution in [3.05, 3.63) is 24.2 Å². The summed E-state index contributed by atoms with van der Waals surface area (Å²) in [5.41, 5.74) is 5.61. The summed E-state index contributed by atoms with van der Waals surface area (Å²) in [4.78, 5) is 11.0. The summed E-state index contributed by atoms with van der Waals surface area (Å²) in [6.45, 7) is 7.42. The van der Waals surface area contributed by atoms with Crippen molar-refractivity contribution in [1.29, 1.82) is 0 Å². The Labute approximate surface area is 78.0 Å². The lowest BCUT2D eigenvalue weighted by Gasteiger charge is -2.03. The van der Waals surface area contributed by atoms with Gasteiger partial charge >= 0.3 is 5.97 Å². The molecule has 2 N–H and O–H groups in total. The van der Waals surface area contributed by atoms with E-state index in [1.807, 2.05) is 0 Å². The summed E-state index contributed by atoms with van der Waals surface area (Å²) in [5, 5.41) is 0. The van der Waals surface area contributed by atoms with E-state index in [-0.39, 0.29) is 6.54 Å². The van der Waals surface area contributed by atoms with Crippen LogP contribution in [0.2, 0.25) is 0 Å². The number of hydrogen-bond acceptors (Lipinski definition) is 4. The summed E-state index contributed by atoms with van der Waals surface area (Å²) in [5.74, 6) is 0.0102. The van der Waals surface area contributed by atoms with Crippen molar-refractivity contribution in [1.82, 2.24) is 0 Å². The van der Waals surface area contributed by atoms with Gasteiger partial charge in [-0.2, -0.15) is 0 Å². The normalized spacial score (nSPS) is 10.8. The van der Waals surface area contributed by atoms with Gasteiger partial charge in [0.1, 0.15) is 12.0 Å². The molecular formula is C9H15NO3. The maximum Gasteiger partial charge on any atom is 0.336 e.